The van der Waals surface area contributed by atoms with Crippen LogP contribution in [0.25, 0.3) is 10.9 Å². The van der Waals surface area contributed by atoms with Gasteiger partial charge in [-0.1, -0.05) is 23.7 Å². The standard InChI is InChI=1S/C46H52ClN9O8/c1-25(2)55-35-8-7-28(19-27(35)20-37(44(55)61)63-24-39(58)48-3)50-41-34(47)23-49-46(52-41)54-17-13-30(14-18-54)64-31-21-29(22-31)53-15-11-26(12-16-53)32-5-4-6-33-40(32)45(62)56(43(33)60)36-9-10-38(57)51-42(36)59/h4-8,19-20,23,25-26,29-31,36H,9-18,21-22,24H2,1-3H3,(H,48,58)(H,49,50,52)(H,51,57,59)/t29-,31-,36?. The van der Waals surface area contributed by atoms with Crippen LogP contribution < -0.4 is 31.1 Å². The van der Waals surface area contributed by atoms with Crippen molar-refractivity contribution in [2.75, 3.05) is 50.1 Å². The van der Waals surface area contributed by atoms with Crippen LogP contribution in [0.2, 0.25) is 5.02 Å². The molecule has 336 valence electrons. The van der Waals surface area contributed by atoms with Crippen molar-refractivity contribution in [2.24, 2.45) is 0 Å². The molecule has 1 atom stereocenters. The van der Waals surface area contributed by atoms with Gasteiger partial charge in [0.2, 0.25) is 17.8 Å². The largest absolute Gasteiger partial charge is 0.478 e. The monoisotopic (exact) mass is 893 g/mol. The quantitative estimate of drug-likeness (QED) is 0.166. The minimum Gasteiger partial charge on any atom is -0.478 e. The van der Waals surface area contributed by atoms with E-state index in [0.29, 0.717) is 39.6 Å². The number of aromatic nitrogens is 3. The zero-order valence-electron chi connectivity index (χ0n) is 36.1. The van der Waals surface area contributed by atoms with Gasteiger partial charge in [0.05, 0.1) is 35.0 Å². The Balaban J connectivity index is 0.757. The zero-order chi connectivity index (χ0) is 44.8. The lowest BCUT2D eigenvalue weighted by Crippen LogP contribution is -2.54. The molecule has 3 N–H and O–H groups in total. The van der Waals surface area contributed by atoms with E-state index >= 15 is 0 Å². The Labute approximate surface area is 374 Å². The van der Waals surface area contributed by atoms with Crippen LogP contribution in [0.4, 0.5) is 17.5 Å². The van der Waals surface area contributed by atoms with Crippen LogP contribution in [0.1, 0.15) is 103 Å². The van der Waals surface area contributed by atoms with E-state index in [2.05, 4.69) is 30.7 Å². The molecule has 4 fully saturated rings. The maximum absolute atomic E-state index is 13.7. The van der Waals surface area contributed by atoms with Gasteiger partial charge in [-0.15, -0.1) is 0 Å². The van der Waals surface area contributed by atoms with Gasteiger partial charge in [0.15, 0.2) is 18.2 Å². The minimum absolute atomic E-state index is 0.0853. The number of benzene rings is 2. The Kier molecular flexibility index (Phi) is 12.1. The van der Waals surface area contributed by atoms with E-state index in [9.17, 15) is 28.8 Å². The van der Waals surface area contributed by atoms with E-state index in [1.54, 1.807) is 22.9 Å². The number of hydrogen-bond acceptors (Lipinski definition) is 13. The first kappa shape index (κ1) is 43.3. The molecule has 9 rings (SSSR count). The summed E-state index contributed by atoms with van der Waals surface area (Å²) in [7, 11) is 1.51. The molecule has 3 saturated heterocycles. The fourth-order valence-electron chi connectivity index (χ4n) is 9.83. The summed E-state index contributed by atoms with van der Waals surface area (Å²) in [6.45, 7) is 6.81. The number of halogens is 1. The molecular formula is C46H52ClN9O8. The summed E-state index contributed by atoms with van der Waals surface area (Å²) in [4.78, 5) is 91.5. The molecule has 1 saturated carbocycles. The van der Waals surface area contributed by atoms with E-state index < -0.39 is 29.7 Å². The molecule has 1 aliphatic carbocycles. The molecule has 64 heavy (non-hydrogen) atoms. The molecule has 0 radical (unpaired) electrons. The van der Waals surface area contributed by atoms with Crippen molar-refractivity contribution >= 4 is 69.5 Å². The summed E-state index contributed by atoms with van der Waals surface area (Å²) < 4.78 is 13.9. The summed E-state index contributed by atoms with van der Waals surface area (Å²) in [5.41, 5.74) is 2.73. The predicted molar refractivity (Wildman–Crippen MR) is 238 cm³/mol. The Morgan fingerprint density at radius 1 is 0.938 bits per heavy atom. The van der Waals surface area contributed by atoms with Crippen molar-refractivity contribution in [1.29, 1.82) is 0 Å². The summed E-state index contributed by atoms with van der Waals surface area (Å²) in [6.07, 6.45) is 7.54. The molecule has 6 heterocycles. The summed E-state index contributed by atoms with van der Waals surface area (Å²) in [6, 6.07) is 12.0. The van der Waals surface area contributed by atoms with Gasteiger partial charge < -0.3 is 34.5 Å². The van der Waals surface area contributed by atoms with Gasteiger partial charge in [-0.05, 0) is 114 Å². The van der Waals surface area contributed by atoms with E-state index in [-0.39, 0.29) is 60.8 Å². The van der Waals surface area contributed by atoms with E-state index in [1.807, 2.05) is 44.2 Å². The van der Waals surface area contributed by atoms with E-state index in [1.165, 1.54) is 7.05 Å². The zero-order valence-corrected chi connectivity index (χ0v) is 36.9. The number of carbonyl (C=O) groups excluding carboxylic acids is 5. The number of fused-ring (bicyclic) bond motifs is 2. The molecule has 0 bridgehead atoms. The number of nitrogens with zero attached hydrogens (tertiary/aromatic N) is 6. The van der Waals surface area contributed by atoms with Crippen LogP contribution >= 0.6 is 11.6 Å². The molecule has 17 nitrogen and oxygen atoms in total. The molecule has 2 aromatic carbocycles. The lowest BCUT2D eigenvalue weighted by atomic mass is 9.82. The van der Waals surface area contributed by atoms with Gasteiger partial charge in [-0.2, -0.15) is 4.98 Å². The Morgan fingerprint density at radius 3 is 2.42 bits per heavy atom. The van der Waals surface area contributed by atoms with Crippen molar-refractivity contribution in [3.8, 4) is 5.75 Å². The average Bonchev–Trinajstić information content (AvgIpc) is 3.53. The van der Waals surface area contributed by atoms with Gasteiger partial charge >= 0.3 is 0 Å². The van der Waals surface area contributed by atoms with Crippen LogP contribution in [-0.4, -0.2) is 118 Å². The van der Waals surface area contributed by atoms with Crippen molar-refractivity contribution in [3.05, 3.63) is 80.7 Å². The van der Waals surface area contributed by atoms with Crippen LogP contribution in [0, 0.1) is 0 Å². The number of imide groups is 2. The Bertz CT molecular complexity index is 2580. The smallest absolute Gasteiger partial charge is 0.293 e. The second-order valence-electron chi connectivity index (χ2n) is 17.6. The Hall–Kier alpha value is -5.91. The number of pyridine rings is 1. The fraction of sp³-hybridized carbons (Fsp3) is 0.478. The second kappa shape index (κ2) is 17.9. The summed E-state index contributed by atoms with van der Waals surface area (Å²) in [5, 5.41) is 9.20. The average molecular weight is 894 g/mol. The maximum atomic E-state index is 13.7. The lowest BCUT2D eigenvalue weighted by molar-refractivity contribution is -0.136. The van der Waals surface area contributed by atoms with E-state index in [0.717, 1.165) is 86.1 Å². The van der Waals surface area contributed by atoms with Gasteiger partial charge in [-0.3, -0.25) is 39.0 Å². The molecular weight excluding hydrogens is 842 g/mol. The van der Waals surface area contributed by atoms with Gasteiger partial charge in [-0.25, -0.2) is 4.98 Å². The maximum Gasteiger partial charge on any atom is 0.293 e. The third-order valence-corrected chi connectivity index (χ3v) is 13.6. The molecule has 5 amide bonds. The van der Waals surface area contributed by atoms with Crippen LogP contribution in [0.5, 0.6) is 5.75 Å². The highest BCUT2D eigenvalue weighted by Gasteiger charge is 2.46. The first-order valence-corrected chi connectivity index (χ1v) is 22.6. The molecule has 5 aliphatic rings. The summed E-state index contributed by atoms with van der Waals surface area (Å²) >= 11 is 6.60. The molecule has 0 spiro atoms. The predicted octanol–water partition coefficient (Wildman–Crippen LogP) is 4.69. The lowest BCUT2D eigenvalue weighted by Gasteiger charge is -2.47. The number of rotatable bonds is 12. The topological polar surface area (TPSA) is 197 Å². The molecule has 4 aliphatic heterocycles. The number of piperidine rings is 3. The number of likely N-dealkylation sites (N-methyl/N-ethyl adjacent to an activating group) is 1. The van der Waals surface area contributed by atoms with Crippen LogP contribution in [0.15, 0.2) is 53.5 Å². The van der Waals surface area contributed by atoms with Crippen molar-refractivity contribution in [2.45, 2.75) is 101 Å². The molecule has 2 aromatic heterocycles. The first-order chi connectivity index (χ1) is 30.9. The molecule has 4 aromatic rings. The normalized spacial score (nSPS) is 22.2. The second-order valence-corrected chi connectivity index (χ2v) is 18.0. The highest BCUT2D eigenvalue weighted by molar-refractivity contribution is 6.33. The number of hydrogen-bond donors (Lipinski definition) is 3. The van der Waals surface area contributed by atoms with Crippen LogP contribution in [-0.2, 0) is 19.1 Å². The summed E-state index contributed by atoms with van der Waals surface area (Å²) in [5.74, 6) is -1.01. The Morgan fingerprint density at radius 2 is 1.70 bits per heavy atom. The first-order valence-electron chi connectivity index (χ1n) is 22.2. The van der Waals surface area contributed by atoms with Crippen molar-refractivity contribution in [3.63, 3.8) is 0 Å². The van der Waals surface area contributed by atoms with Gasteiger partial charge in [0, 0.05) is 49.7 Å². The number of nitrogens with one attached hydrogen (secondary N) is 3. The van der Waals surface area contributed by atoms with Gasteiger partial charge in [0.1, 0.15) is 11.1 Å². The number of amides is 5. The molecule has 18 heteroatoms. The number of likely N-dealkylation sites (tertiary alicyclic amines) is 1. The SMILES string of the molecule is CNC(=O)COc1cc2cc(Nc3nc(N4CCC(O[C@H]5C[C@H](N6CCC(c7cccc8c7C(=O)N(C7CCC(=O)NC7=O)C8=O)CC6)C5)CC4)ncc3Cl)ccc2n(C(C)C)c1=O. The molecule has 1 unspecified atom stereocenters. The van der Waals surface area contributed by atoms with Crippen molar-refractivity contribution in [1.82, 2.24) is 35.0 Å². The van der Waals surface area contributed by atoms with Crippen molar-refractivity contribution < 1.29 is 33.4 Å². The van der Waals surface area contributed by atoms with Crippen LogP contribution in [0.3, 0.4) is 0 Å². The van der Waals surface area contributed by atoms with Gasteiger partial charge in [0.25, 0.3) is 23.3 Å². The third-order valence-electron chi connectivity index (χ3n) is 13.3. The third kappa shape index (κ3) is 8.43. The highest BCUT2D eigenvalue weighted by atomic mass is 35.5. The number of ether oxygens (including phenoxy) is 2. The fourth-order valence-corrected chi connectivity index (χ4v) is 9.97. The number of carbonyl (C=O) groups is 5. The highest BCUT2D eigenvalue weighted by Crippen LogP contribution is 2.40. The minimum atomic E-state index is -0.977. The van der Waals surface area contributed by atoms with E-state index in [4.69, 9.17) is 26.1 Å². The number of anilines is 3.